The van der Waals surface area contributed by atoms with Gasteiger partial charge in [-0.2, -0.15) is 0 Å². The molecular formula is C18H28N2O. The lowest BCUT2D eigenvalue weighted by Crippen LogP contribution is -2.46. The van der Waals surface area contributed by atoms with Crippen LogP contribution in [0.4, 0.5) is 5.69 Å². The molecule has 1 aromatic carbocycles. The van der Waals surface area contributed by atoms with Gasteiger partial charge in [-0.3, -0.25) is 4.79 Å². The highest BCUT2D eigenvalue weighted by Crippen LogP contribution is 2.22. The van der Waals surface area contributed by atoms with Crippen LogP contribution in [0.1, 0.15) is 57.9 Å². The van der Waals surface area contributed by atoms with E-state index in [4.69, 9.17) is 0 Å². The minimum absolute atomic E-state index is 0.0436. The van der Waals surface area contributed by atoms with Gasteiger partial charge in [-0.1, -0.05) is 39.3 Å². The molecule has 1 aromatic rings. The minimum atomic E-state index is -0.0436. The summed E-state index contributed by atoms with van der Waals surface area (Å²) < 4.78 is 0. The molecule has 0 bridgehead atoms. The molecule has 0 radical (unpaired) electrons. The van der Waals surface area contributed by atoms with Crippen molar-refractivity contribution in [2.24, 2.45) is 5.92 Å². The predicted molar refractivity (Wildman–Crippen MR) is 88.6 cm³/mol. The Morgan fingerprint density at radius 2 is 2.05 bits per heavy atom. The molecule has 0 aromatic heterocycles. The zero-order valence-electron chi connectivity index (χ0n) is 13.5. The number of piperidine rings is 1. The normalized spacial score (nSPS) is 23.6. The van der Waals surface area contributed by atoms with Gasteiger partial charge in [-0.25, -0.2) is 0 Å². The summed E-state index contributed by atoms with van der Waals surface area (Å²) in [6.07, 6.45) is 4.43. The molecule has 0 aliphatic carbocycles. The topological polar surface area (TPSA) is 41.1 Å². The molecule has 2 N–H and O–H groups in total. The van der Waals surface area contributed by atoms with Gasteiger partial charge in [0.25, 0.3) is 0 Å². The maximum atomic E-state index is 12.3. The summed E-state index contributed by atoms with van der Waals surface area (Å²) in [7, 11) is 0. The third kappa shape index (κ3) is 4.31. The van der Waals surface area contributed by atoms with Crippen molar-refractivity contribution in [2.45, 2.75) is 58.4 Å². The van der Waals surface area contributed by atoms with E-state index in [2.05, 4.69) is 43.5 Å². The average molecular weight is 288 g/mol. The molecule has 1 saturated heterocycles. The highest BCUT2D eigenvalue weighted by molar-refractivity contribution is 5.94. The van der Waals surface area contributed by atoms with Crippen molar-refractivity contribution in [1.29, 1.82) is 0 Å². The lowest BCUT2D eigenvalue weighted by molar-refractivity contribution is -0.119. The Bertz CT molecular complexity index is 455. The molecule has 3 unspecified atom stereocenters. The van der Waals surface area contributed by atoms with Gasteiger partial charge in [-0.15, -0.1) is 0 Å². The van der Waals surface area contributed by atoms with Gasteiger partial charge < -0.3 is 10.6 Å². The third-order valence-corrected chi connectivity index (χ3v) is 4.77. The largest absolute Gasteiger partial charge is 0.325 e. The summed E-state index contributed by atoms with van der Waals surface area (Å²) in [5.41, 5.74) is 2.23. The number of nitrogens with one attached hydrogen (secondary N) is 2. The Morgan fingerprint density at radius 1 is 1.33 bits per heavy atom. The lowest BCUT2D eigenvalue weighted by atomic mass is 9.90. The molecule has 0 saturated carbocycles. The number of rotatable bonds is 5. The highest BCUT2D eigenvalue weighted by Gasteiger charge is 2.25. The summed E-state index contributed by atoms with van der Waals surface area (Å²) in [4.78, 5) is 12.3. The number of amides is 1. The zero-order chi connectivity index (χ0) is 15.2. The van der Waals surface area contributed by atoms with E-state index in [9.17, 15) is 4.79 Å². The molecule has 3 heteroatoms. The first-order valence-corrected chi connectivity index (χ1v) is 8.28. The van der Waals surface area contributed by atoms with E-state index in [-0.39, 0.29) is 11.9 Å². The zero-order valence-corrected chi connectivity index (χ0v) is 13.5. The minimum Gasteiger partial charge on any atom is -0.325 e. The van der Waals surface area contributed by atoms with Crippen LogP contribution in [0.3, 0.4) is 0 Å². The van der Waals surface area contributed by atoms with Gasteiger partial charge in [0.15, 0.2) is 0 Å². The molecule has 1 amide bonds. The third-order valence-electron chi connectivity index (χ3n) is 4.77. The van der Waals surface area contributed by atoms with Crippen molar-refractivity contribution < 1.29 is 4.79 Å². The smallest absolute Gasteiger partial charge is 0.241 e. The molecule has 2 rings (SSSR count). The Hall–Kier alpha value is -1.35. The maximum absolute atomic E-state index is 12.3. The monoisotopic (exact) mass is 288 g/mol. The Morgan fingerprint density at radius 3 is 2.67 bits per heavy atom. The second kappa shape index (κ2) is 7.60. The first-order valence-electron chi connectivity index (χ1n) is 8.28. The first kappa shape index (κ1) is 16.0. The van der Waals surface area contributed by atoms with E-state index < -0.39 is 0 Å². The van der Waals surface area contributed by atoms with Crippen LogP contribution in [0.15, 0.2) is 24.3 Å². The van der Waals surface area contributed by atoms with Crippen LogP contribution in [0.25, 0.3) is 0 Å². The van der Waals surface area contributed by atoms with Crippen LogP contribution in [-0.2, 0) is 4.79 Å². The fraction of sp³-hybridized carbons (Fsp3) is 0.611. The number of carbonyl (C=O) groups excluding carboxylic acids is 1. The van der Waals surface area contributed by atoms with Gasteiger partial charge in [-0.05, 0) is 55.3 Å². The van der Waals surface area contributed by atoms with Gasteiger partial charge in [0.2, 0.25) is 5.91 Å². The predicted octanol–water partition coefficient (Wildman–Crippen LogP) is 3.92. The average Bonchev–Trinajstić information content (AvgIpc) is 2.54. The van der Waals surface area contributed by atoms with E-state index in [0.29, 0.717) is 11.8 Å². The van der Waals surface area contributed by atoms with E-state index in [0.717, 1.165) is 31.5 Å². The van der Waals surface area contributed by atoms with Crippen molar-refractivity contribution >= 4 is 11.6 Å². The Balaban J connectivity index is 1.93. The molecule has 1 heterocycles. The maximum Gasteiger partial charge on any atom is 0.241 e. The Kier molecular flexibility index (Phi) is 5.80. The lowest BCUT2D eigenvalue weighted by Gasteiger charge is -2.28. The van der Waals surface area contributed by atoms with Crippen LogP contribution in [0.5, 0.6) is 0 Å². The summed E-state index contributed by atoms with van der Waals surface area (Å²) in [6.45, 7) is 7.58. The van der Waals surface area contributed by atoms with E-state index in [1.807, 2.05) is 12.1 Å². The van der Waals surface area contributed by atoms with Crippen LogP contribution >= 0.6 is 0 Å². The fourth-order valence-corrected chi connectivity index (χ4v) is 2.93. The number of anilines is 1. The van der Waals surface area contributed by atoms with E-state index >= 15 is 0 Å². The molecule has 3 atom stereocenters. The summed E-state index contributed by atoms with van der Waals surface area (Å²) >= 11 is 0. The van der Waals surface area contributed by atoms with Crippen molar-refractivity contribution in [3.63, 3.8) is 0 Å². The first-order chi connectivity index (χ1) is 10.1. The highest BCUT2D eigenvalue weighted by atomic mass is 16.2. The number of carbonyl (C=O) groups is 1. The fourth-order valence-electron chi connectivity index (χ4n) is 2.93. The summed E-state index contributed by atoms with van der Waals surface area (Å²) in [5.74, 6) is 1.35. The van der Waals surface area contributed by atoms with Crippen LogP contribution in [-0.4, -0.2) is 18.5 Å². The SMILES string of the molecule is CCC1CCNC(C(=O)Nc2ccc(C(C)CC)cc2)C1. The van der Waals surface area contributed by atoms with Gasteiger partial charge in [0.05, 0.1) is 6.04 Å². The molecule has 1 aliphatic heterocycles. The van der Waals surface area contributed by atoms with Gasteiger partial charge >= 0.3 is 0 Å². The molecule has 1 aliphatic rings. The molecular weight excluding hydrogens is 260 g/mol. The standard InChI is InChI=1S/C18H28N2O/c1-4-13(3)15-6-8-16(9-7-15)20-18(21)17-12-14(5-2)10-11-19-17/h6-9,13-14,17,19H,4-5,10-12H2,1-3H3,(H,20,21). The molecule has 0 spiro atoms. The summed E-state index contributed by atoms with van der Waals surface area (Å²) in [6, 6.07) is 8.22. The van der Waals surface area contributed by atoms with Crippen LogP contribution in [0, 0.1) is 5.92 Å². The number of benzene rings is 1. The summed E-state index contributed by atoms with van der Waals surface area (Å²) in [5, 5.41) is 6.37. The van der Waals surface area contributed by atoms with Gasteiger partial charge in [0, 0.05) is 5.69 Å². The van der Waals surface area contributed by atoms with E-state index in [1.165, 1.54) is 12.0 Å². The molecule has 21 heavy (non-hydrogen) atoms. The number of hydrogen-bond donors (Lipinski definition) is 2. The molecule has 1 fully saturated rings. The quantitative estimate of drug-likeness (QED) is 0.862. The van der Waals surface area contributed by atoms with E-state index in [1.54, 1.807) is 0 Å². The van der Waals surface area contributed by atoms with Crippen molar-refractivity contribution in [1.82, 2.24) is 5.32 Å². The Labute approximate surface area is 128 Å². The molecule has 116 valence electrons. The van der Waals surface area contributed by atoms with Crippen molar-refractivity contribution in [2.75, 3.05) is 11.9 Å². The second-order valence-electron chi connectivity index (χ2n) is 6.23. The van der Waals surface area contributed by atoms with Crippen LogP contribution in [0.2, 0.25) is 0 Å². The number of hydrogen-bond acceptors (Lipinski definition) is 2. The van der Waals surface area contributed by atoms with Crippen molar-refractivity contribution in [3.8, 4) is 0 Å². The van der Waals surface area contributed by atoms with Crippen molar-refractivity contribution in [3.05, 3.63) is 29.8 Å². The molecule has 3 nitrogen and oxygen atoms in total. The van der Waals surface area contributed by atoms with Crippen LogP contribution < -0.4 is 10.6 Å². The van der Waals surface area contributed by atoms with Gasteiger partial charge in [0.1, 0.15) is 0 Å². The second-order valence-corrected chi connectivity index (χ2v) is 6.23.